The third-order valence-electron chi connectivity index (χ3n) is 3.83. The van der Waals surface area contributed by atoms with Crippen LogP contribution >= 0.6 is 0 Å². The monoisotopic (exact) mass is 351 g/mol. The Morgan fingerprint density at radius 2 is 2.04 bits per heavy atom. The van der Waals surface area contributed by atoms with Crippen molar-refractivity contribution in [1.29, 1.82) is 0 Å². The van der Waals surface area contributed by atoms with E-state index in [-0.39, 0.29) is 17.3 Å². The molecule has 1 amide bonds. The molecule has 0 aliphatic rings. The number of anilines is 1. The lowest BCUT2D eigenvalue weighted by Crippen LogP contribution is -2.18. The van der Waals surface area contributed by atoms with Gasteiger partial charge in [-0.3, -0.25) is 9.48 Å². The molecule has 3 aromatic heterocycles. The number of nitrogens with one attached hydrogen (secondary N) is 1. The largest absolute Gasteiger partial charge is 0.304 e. The molecule has 4 aromatic rings. The average molecular weight is 351 g/mol. The van der Waals surface area contributed by atoms with E-state index < -0.39 is 5.91 Å². The molecule has 0 unspecified atom stereocenters. The maximum absolute atomic E-state index is 13.2. The highest BCUT2D eigenvalue weighted by atomic mass is 19.1. The molecule has 9 heteroatoms. The Morgan fingerprint density at radius 1 is 1.23 bits per heavy atom. The Hall–Kier alpha value is -3.62. The molecule has 0 radical (unpaired) electrons. The Labute approximate surface area is 147 Å². The van der Waals surface area contributed by atoms with Gasteiger partial charge in [-0.1, -0.05) is 0 Å². The molecule has 1 aromatic carbocycles. The van der Waals surface area contributed by atoms with E-state index in [1.54, 1.807) is 35.1 Å². The summed E-state index contributed by atoms with van der Waals surface area (Å²) >= 11 is 0. The first kappa shape index (κ1) is 15.9. The average Bonchev–Trinajstić information content (AvgIpc) is 3.30. The SMILES string of the molecule is CCn1ccc(NC(=O)c2cc(-c3ccc(F)cc3)nc3ncnn23)n1. The second kappa shape index (κ2) is 6.36. The number of amides is 1. The molecule has 4 rings (SSSR count). The normalized spacial score (nSPS) is 11.0. The minimum Gasteiger partial charge on any atom is -0.304 e. The molecule has 8 nitrogen and oxygen atoms in total. The summed E-state index contributed by atoms with van der Waals surface area (Å²) in [5.74, 6) is -0.0317. The van der Waals surface area contributed by atoms with Crippen molar-refractivity contribution in [1.82, 2.24) is 29.4 Å². The van der Waals surface area contributed by atoms with Crippen LogP contribution in [0.5, 0.6) is 0 Å². The van der Waals surface area contributed by atoms with Crippen molar-refractivity contribution in [2.24, 2.45) is 0 Å². The van der Waals surface area contributed by atoms with E-state index in [9.17, 15) is 9.18 Å². The number of benzene rings is 1. The predicted octanol–water partition coefficient (Wildman–Crippen LogP) is 2.40. The van der Waals surface area contributed by atoms with Gasteiger partial charge in [-0.25, -0.2) is 9.37 Å². The molecule has 3 heterocycles. The molecule has 0 bridgehead atoms. The molecule has 0 spiro atoms. The number of nitrogens with zero attached hydrogens (tertiary/aromatic N) is 6. The molecule has 0 fully saturated rings. The number of carbonyl (C=O) groups is 1. The molecular formula is C17H14FN7O. The van der Waals surface area contributed by atoms with Crippen LogP contribution in [-0.4, -0.2) is 35.3 Å². The van der Waals surface area contributed by atoms with E-state index >= 15 is 0 Å². The summed E-state index contributed by atoms with van der Waals surface area (Å²) < 4.78 is 16.2. The standard InChI is InChI=1S/C17H14FN7O/c1-2-24-8-7-15(23-24)22-16(26)14-9-13(11-3-5-12(18)6-4-11)21-17-19-10-20-25(14)17/h3-10H,2H2,1H3,(H,22,23,26). The fourth-order valence-electron chi connectivity index (χ4n) is 2.53. The fourth-order valence-corrected chi connectivity index (χ4v) is 2.53. The molecular weight excluding hydrogens is 337 g/mol. The van der Waals surface area contributed by atoms with Crippen molar-refractivity contribution in [3.05, 3.63) is 60.4 Å². The van der Waals surface area contributed by atoms with Crippen molar-refractivity contribution >= 4 is 17.5 Å². The molecule has 26 heavy (non-hydrogen) atoms. The van der Waals surface area contributed by atoms with E-state index in [1.165, 1.54) is 23.0 Å². The van der Waals surface area contributed by atoms with Gasteiger partial charge in [-0.2, -0.15) is 19.7 Å². The van der Waals surface area contributed by atoms with Crippen LogP contribution in [0.25, 0.3) is 17.0 Å². The summed E-state index contributed by atoms with van der Waals surface area (Å²) in [6.45, 7) is 2.66. The van der Waals surface area contributed by atoms with Crippen LogP contribution in [0.2, 0.25) is 0 Å². The Kier molecular flexibility index (Phi) is 3.88. The molecule has 0 aliphatic carbocycles. The highest BCUT2D eigenvalue weighted by Gasteiger charge is 2.16. The minimum absolute atomic E-state index is 0.248. The van der Waals surface area contributed by atoms with Crippen LogP contribution in [0.3, 0.4) is 0 Å². The second-order valence-electron chi connectivity index (χ2n) is 5.52. The highest BCUT2D eigenvalue weighted by Crippen LogP contribution is 2.20. The van der Waals surface area contributed by atoms with Gasteiger partial charge in [-0.05, 0) is 37.3 Å². The summed E-state index contributed by atoms with van der Waals surface area (Å²) in [6.07, 6.45) is 3.09. The fraction of sp³-hybridized carbons (Fsp3) is 0.118. The van der Waals surface area contributed by atoms with Crippen LogP contribution in [0.15, 0.2) is 48.9 Å². The smallest absolute Gasteiger partial charge is 0.275 e. The summed E-state index contributed by atoms with van der Waals surface area (Å²) in [5.41, 5.74) is 1.41. The number of carbonyl (C=O) groups excluding carboxylic acids is 1. The summed E-state index contributed by atoms with van der Waals surface area (Å²) in [4.78, 5) is 21.2. The van der Waals surface area contributed by atoms with Crippen LogP contribution in [-0.2, 0) is 6.54 Å². The quantitative estimate of drug-likeness (QED) is 0.610. The van der Waals surface area contributed by atoms with Gasteiger partial charge in [0.1, 0.15) is 17.8 Å². The zero-order valence-electron chi connectivity index (χ0n) is 13.8. The Balaban J connectivity index is 1.74. The lowest BCUT2D eigenvalue weighted by atomic mass is 10.1. The van der Waals surface area contributed by atoms with Gasteiger partial charge in [-0.15, -0.1) is 0 Å². The maximum Gasteiger partial charge on any atom is 0.275 e. The summed E-state index contributed by atoms with van der Waals surface area (Å²) in [7, 11) is 0. The van der Waals surface area contributed by atoms with E-state index in [1.807, 2.05) is 6.92 Å². The van der Waals surface area contributed by atoms with Crippen molar-refractivity contribution in [2.75, 3.05) is 5.32 Å². The third kappa shape index (κ3) is 2.90. The molecule has 1 N–H and O–H groups in total. The van der Waals surface area contributed by atoms with Gasteiger partial charge in [0.05, 0.1) is 5.69 Å². The number of aryl methyl sites for hydroxylation is 1. The van der Waals surface area contributed by atoms with Crippen LogP contribution in [0.1, 0.15) is 17.4 Å². The van der Waals surface area contributed by atoms with Crippen molar-refractivity contribution < 1.29 is 9.18 Å². The lowest BCUT2D eigenvalue weighted by molar-refractivity contribution is 0.101. The molecule has 0 aliphatic heterocycles. The van der Waals surface area contributed by atoms with Crippen molar-refractivity contribution in [3.8, 4) is 11.3 Å². The number of fused-ring (bicyclic) bond motifs is 1. The second-order valence-corrected chi connectivity index (χ2v) is 5.52. The number of rotatable bonds is 4. The van der Waals surface area contributed by atoms with Gasteiger partial charge in [0.25, 0.3) is 11.7 Å². The van der Waals surface area contributed by atoms with E-state index in [0.29, 0.717) is 23.6 Å². The van der Waals surface area contributed by atoms with Crippen LogP contribution < -0.4 is 5.32 Å². The zero-order chi connectivity index (χ0) is 18.1. The Morgan fingerprint density at radius 3 is 2.77 bits per heavy atom. The zero-order valence-corrected chi connectivity index (χ0v) is 13.8. The van der Waals surface area contributed by atoms with Gasteiger partial charge in [0.15, 0.2) is 5.82 Å². The first-order valence-corrected chi connectivity index (χ1v) is 7.95. The highest BCUT2D eigenvalue weighted by molar-refractivity contribution is 6.03. The minimum atomic E-state index is -0.396. The number of hydrogen-bond acceptors (Lipinski definition) is 5. The van der Waals surface area contributed by atoms with Crippen molar-refractivity contribution in [3.63, 3.8) is 0 Å². The van der Waals surface area contributed by atoms with E-state index in [4.69, 9.17) is 0 Å². The van der Waals surface area contributed by atoms with Gasteiger partial charge < -0.3 is 5.32 Å². The van der Waals surface area contributed by atoms with Crippen LogP contribution in [0.4, 0.5) is 10.2 Å². The number of halogens is 1. The maximum atomic E-state index is 13.2. The Bertz CT molecular complexity index is 1080. The third-order valence-corrected chi connectivity index (χ3v) is 3.83. The van der Waals surface area contributed by atoms with Gasteiger partial charge >= 0.3 is 0 Å². The first-order chi connectivity index (χ1) is 12.6. The molecule has 0 saturated heterocycles. The molecule has 0 saturated carbocycles. The summed E-state index contributed by atoms with van der Waals surface area (Å²) in [6, 6.07) is 9.15. The van der Waals surface area contributed by atoms with Crippen molar-refractivity contribution in [2.45, 2.75) is 13.5 Å². The topological polar surface area (TPSA) is 90.0 Å². The van der Waals surface area contributed by atoms with E-state index in [2.05, 4.69) is 25.5 Å². The molecule has 130 valence electrons. The first-order valence-electron chi connectivity index (χ1n) is 7.95. The van der Waals surface area contributed by atoms with Gasteiger partial charge in [0.2, 0.25) is 0 Å². The van der Waals surface area contributed by atoms with E-state index in [0.717, 1.165) is 0 Å². The lowest BCUT2D eigenvalue weighted by Gasteiger charge is -2.07. The number of hydrogen-bond donors (Lipinski definition) is 1. The van der Waals surface area contributed by atoms with Crippen LogP contribution in [0, 0.1) is 5.82 Å². The predicted molar refractivity (Wildman–Crippen MR) is 92.0 cm³/mol. The summed E-state index contributed by atoms with van der Waals surface area (Å²) in [5, 5.41) is 11.0. The molecule has 0 atom stereocenters. The van der Waals surface area contributed by atoms with Gasteiger partial charge in [0, 0.05) is 24.4 Å². The number of aromatic nitrogens is 6.